The second-order valence-corrected chi connectivity index (χ2v) is 5.57. The van der Waals surface area contributed by atoms with E-state index in [1.54, 1.807) is 4.68 Å². The highest BCUT2D eigenvalue weighted by Gasteiger charge is 2.26. The zero-order valence-corrected chi connectivity index (χ0v) is 12.2. The predicted molar refractivity (Wildman–Crippen MR) is 80.9 cm³/mol. The predicted octanol–water partition coefficient (Wildman–Crippen LogP) is 3.22. The molecule has 2 heterocycles. The maximum Gasteiger partial charge on any atom is 0.129 e. The number of hydrogen-bond acceptors (Lipinski definition) is 3. The van der Waals surface area contributed by atoms with Crippen molar-refractivity contribution in [3.05, 3.63) is 35.0 Å². The van der Waals surface area contributed by atoms with Crippen molar-refractivity contribution in [3.63, 3.8) is 0 Å². The van der Waals surface area contributed by atoms with Crippen LogP contribution in [0.4, 0.5) is 5.82 Å². The van der Waals surface area contributed by atoms with E-state index in [0.29, 0.717) is 23.4 Å². The molecule has 20 heavy (non-hydrogen) atoms. The quantitative estimate of drug-likeness (QED) is 0.924. The summed E-state index contributed by atoms with van der Waals surface area (Å²) in [6, 6.07) is 7.75. The van der Waals surface area contributed by atoms with Crippen molar-refractivity contribution >= 4 is 17.4 Å². The Morgan fingerprint density at radius 1 is 1.40 bits per heavy atom. The first-order chi connectivity index (χ1) is 9.68. The molecule has 0 saturated carbocycles. The van der Waals surface area contributed by atoms with Crippen LogP contribution in [0.25, 0.3) is 11.1 Å². The van der Waals surface area contributed by atoms with Gasteiger partial charge in [0, 0.05) is 35.7 Å². The highest BCUT2D eigenvalue weighted by molar-refractivity contribution is 6.33. The molecule has 0 amide bonds. The van der Waals surface area contributed by atoms with E-state index in [1.165, 1.54) is 0 Å². The van der Waals surface area contributed by atoms with Gasteiger partial charge in [-0.1, -0.05) is 29.8 Å². The number of halogens is 1. The highest BCUT2D eigenvalue weighted by Crippen LogP contribution is 2.39. The normalized spacial score (nSPS) is 19.2. The van der Waals surface area contributed by atoms with Gasteiger partial charge in [0.15, 0.2) is 0 Å². The van der Waals surface area contributed by atoms with Crippen LogP contribution in [0.5, 0.6) is 0 Å². The lowest BCUT2D eigenvalue weighted by Crippen LogP contribution is -2.16. The molecule has 2 aromatic rings. The molecule has 1 fully saturated rings. The number of aromatic nitrogens is 2. The SMILES string of the molecule is Cn1nc(C2CCCOC2)c(-c2ccccc2Cl)c1N. The number of ether oxygens (including phenoxy) is 1. The summed E-state index contributed by atoms with van der Waals surface area (Å²) in [5.41, 5.74) is 9.11. The van der Waals surface area contributed by atoms with E-state index in [4.69, 9.17) is 22.1 Å². The highest BCUT2D eigenvalue weighted by atomic mass is 35.5. The van der Waals surface area contributed by atoms with Gasteiger partial charge in [0.2, 0.25) is 0 Å². The van der Waals surface area contributed by atoms with Gasteiger partial charge >= 0.3 is 0 Å². The van der Waals surface area contributed by atoms with Crippen molar-refractivity contribution in [1.29, 1.82) is 0 Å². The Kier molecular flexibility index (Phi) is 3.68. The maximum absolute atomic E-state index is 6.33. The van der Waals surface area contributed by atoms with Gasteiger partial charge in [0.1, 0.15) is 5.82 Å². The molecule has 0 radical (unpaired) electrons. The number of aryl methyl sites for hydroxylation is 1. The molecule has 4 nitrogen and oxygen atoms in total. The minimum Gasteiger partial charge on any atom is -0.383 e. The molecule has 5 heteroatoms. The molecule has 2 N–H and O–H groups in total. The van der Waals surface area contributed by atoms with Gasteiger partial charge in [0.05, 0.1) is 12.3 Å². The van der Waals surface area contributed by atoms with E-state index in [-0.39, 0.29) is 0 Å². The van der Waals surface area contributed by atoms with Crippen molar-refractivity contribution in [2.75, 3.05) is 18.9 Å². The first-order valence-electron chi connectivity index (χ1n) is 6.83. The first kappa shape index (κ1) is 13.5. The van der Waals surface area contributed by atoms with E-state index in [2.05, 4.69) is 5.10 Å². The summed E-state index contributed by atoms with van der Waals surface area (Å²) in [5, 5.41) is 5.30. The smallest absolute Gasteiger partial charge is 0.129 e. The molecule has 1 aliphatic heterocycles. The molecule has 1 aromatic carbocycles. The van der Waals surface area contributed by atoms with Crippen LogP contribution in [0.15, 0.2) is 24.3 Å². The molecule has 1 unspecified atom stereocenters. The lowest BCUT2D eigenvalue weighted by atomic mass is 9.92. The summed E-state index contributed by atoms with van der Waals surface area (Å²) in [7, 11) is 1.86. The van der Waals surface area contributed by atoms with Crippen LogP contribution >= 0.6 is 11.6 Å². The minimum absolute atomic E-state index is 0.290. The summed E-state index contributed by atoms with van der Waals surface area (Å²) in [6.07, 6.45) is 2.14. The fourth-order valence-electron chi connectivity index (χ4n) is 2.74. The van der Waals surface area contributed by atoms with Crippen molar-refractivity contribution in [1.82, 2.24) is 9.78 Å². The van der Waals surface area contributed by atoms with Crippen LogP contribution in [-0.4, -0.2) is 23.0 Å². The Bertz CT molecular complexity index is 618. The second-order valence-electron chi connectivity index (χ2n) is 5.16. The van der Waals surface area contributed by atoms with Gasteiger partial charge < -0.3 is 10.5 Å². The van der Waals surface area contributed by atoms with E-state index in [1.807, 2.05) is 31.3 Å². The molecule has 1 atom stereocenters. The summed E-state index contributed by atoms with van der Waals surface area (Å²) in [4.78, 5) is 0. The molecule has 0 spiro atoms. The third kappa shape index (κ3) is 2.30. The largest absolute Gasteiger partial charge is 0.383 e. The van der Waals surface area contributed by atoms with Gasteiger partial charge in [-0.3, -0.25) is 4.68 Å². The van der Waals surface area contributed by atoms with Gasteiger partial charge in [0.25, 0.3) is 0 Å². The summed E-state index contributed by atoms with van der Waals surface area (Å²) in [6.45, 7) is 1.54. The summed E-state index contributed by atoms with van der Waals surface area (Å²) in [5.74, 6) is 0.942. The molecule has 0 aliphatic carbocycles. The number of nitrogens with two attached hydrogens (primary N) is 1. The molecule has 106 valence electrons. The van der Waals surface area contributed by atoms with Crippen molar-refractivity contribution in [2.24, 2.45) is 7.05 Å². The summed E-state index contributed by atoms with van der Waals surface area (Å²) < 4.78 is 7.31. The van der Waals surface area contributed by atoms with Crippen LogP contribution in [0.1, 0.15) is 24.5 Å². The van der Waals surface area contributed by atoms with E-state index in [9.17, 15) is 0 Å². The minimum atomic E-state index is 0.290. The zero-order chi connectivity index (χ0) is 14.1. The average Bonchev–Trinajstić information content (AvgIpc) is 2.77. The van der Waals surface area contributed by atoms with E-state index >= 15 is 0 Å². The van der Waals surface area contributed by atoms with E-state index < -0.39 is 0 Å². The fraction of sp³-hybridized carbons (Fsp3) is 0.400. The number of anilines is 1. The number of nitrogens with zero attached hydrogens (tertiary/aromatic N) is 2. The Balaban J connectivity index is 2.12. The number of nitrogen functional groups attached to an aromatic ring is 1. The third-order valence-electron chi connectivity index (χ3n) is 3.81. The van der Waals surface area contributed by atoms with Crippen LogP contribution in [0, 0.1) is 0 Å². The van der Waals surface area contributed by atoms with Gasteiger partial charge in [-0.05, 0) is 18.9 Å². The van der Waals surface area contributed by atoms with E-state index in [0.717, 1.165) is 36.3 Å². The molecular weight excluding hydrogens is 274 g/mol. The molecule has 0 bridgehead atoms. The standard InChI is InChI=1S/C15H18ClN3O/c1-19-15(17)13(11-6-2-3-7-12(11)16)14(18-19)10-5-4-8-20-9-10/h2-3,6-7,10H,4-5,8-9,17H2,1H3. The van der Waals surface area contributed by atoms with Crippen LogP contribution in [0.3, 0.4) is 0 Å². The number of rotatable bonds is 2. The molecule has 3 rings (SSSR count). The van der Waals surface area contributed by atoms with Crippen LogP contribution in [-0.2, 0) is 11.8 Å². The number of hydrogen-bond donors (Lipinski definition) is 1. The lowest BCUT2D eigenvalue weighted by molar-refractivity contribution is 0.0793. The Labute approximate surface area is 123 Å². The topological polar surface area (TPSA) is 53.1 Å². The Hall–Kier alpha value is -1.52. The van der Waals surface area contributed by atoms with Gasteiger partial charge in [-0.15, -0.1) is 0 Å². The third-order valence-corrected chi connectivity index (χ3v) is 4.14. The van der Waals surface area contributed by atoms with Crippen LogP contribution < -0.4 is 5.73 Å². The van der Waals surface area contributed by atoms with Crippen molar-refractivity contribution < 1.29 is 4.74 Å². The first-order valence-corrected chi connectivity index (χ1v) is 7.21. The molecule has 1 aromatic heterocycles. The molecule has 1 saturated heterocycles. The lowest BCUT2D eigenvalue weighted by Gasteiger charge is -2.21. The Morgan fingerprint density at radius 3 is 2.90 bits per heavy atom. The average molecular weight is 292 g/mol. The fourth-order valence-corrected chi connectivity index (χ4v) is 2.97. The number of benzene rings is 1. The summed E-state index contributed by atoms with van der Waals surface area (Å²) >= 11 is 6.33. The zero-order valence-electron chi connectivity index (χ0n) is 11.5. The maximum atomic E-state index is 6.33. The second kappa shape index (κ2) is 5.46. The van der Waals surface area contributed by atoms with Crippen molar-refractivity contribution in [2.45, 2.75) is 18.8 Å². The molecule has 1 aliphatic rings. The Morgan fingerprint density at radius 2 is 2.20 bits per heavy atom. The monoisotopic (exact) mass is 291 g/mol. The van der Waals surface area contributed by atoms with Gasteiger partial charge in [-0.25, -0.2) is 0 Å². The molecular formula is C15H18ClN3O. The van der Waals surface area contributed by atoms with Crippen molar-refractivity contribution in [3.8, 4) is 11.1 Å². The van der Waals surface area contributed by atoms with Crippen LogP contribution in [0.2, 0.25) is 5.02 Å². The van der Waals surface area contributed by atoms with Gasteiger partial charge in [-0.2, -0.15) is 5.10 Å².